The van der Waals surface area contributed by atoms with Gasteiger partial charge in [0, 0.05) is 18.8 Å². The average molecular weight is 335 g/mol. The van der Waals surface area contributed by atoms with E-state index in [9.17, 15) is 0 Å². The van der Waals surface area contributed by atoms with Gasteiger partial charge in [0.05, 0.1) is 11.2 Å². The first-order valence-corrected chi connectivity index (χ1v) is 9.13. The fraction of sp³-hybridized carbons (Fsp3) is 0.429. The van der Waals surface area contributed by atoms with Crippen LogP contribution in [0.5, 0.6) is 0 Å². The first-order valence-electron chi connectivity index (χ1n) is 9.13. The molecule has 2 aliphatic heterocycles. The predicted octanol–water partition coefficient (Wildman–Crippen LogP) is 3.55. The number of nitrogens with zero attached hydrogens (tertiary/aromatic N) is 1. The Labute approximate surface area is 151 Å². The van der Waals surface area contributed by atoms with E-state index in [1.807, 2.05) is 0 Å². The first kappa shape index (κ1) is 16.7. The number of benzene rings is 2. The Bertz CT molecular complexity index is 757. The molecule has 0 atom stereocenters. The highest BCUT2D eigenvalue weighted by molar-refractivity contribution is 6.62. The van der Waals surface area contributed by atoms with Crippen molar-refractivity contribution in [2.45, 2.75) is 51.9 Å². The van der Waals surface area contributed by atoms with E-state index < -0.39 is 0 Å². The molecule has 2 aromatic rings. The van der Waals surface area contributed by atoms with Gasteiger partial charge in [-0.1, -0.05) is 42.5 Å². The number of hydrogen-bond acceptors (Lipinski definition) is 3. The molecule has 4 heteroatoms. The molecule has 0 spiro atoms. The monoisotopic (exact) mass is 335 g/mol. The molecule has 0 saturated carbocycles. The van der Waals surface area contributed by atoms with Crippen LogP contribution in [0.2, 0.25) is 0 Å². The summed E-state index contributed by atoms with van der Waals surface area (Å²) in [5, 5.41) is 0. The maximum atomic E-state index is 6.22. The summed E-state index contributed by atoms with van der Waals surface area (Å²) in [6.45, 7) is 10.4. The van der Waals surface area contributed by atoms with E-state index in [0.29, 0.717) is 0 Å². The lowest BCUT2D eigenvalue weighted by Crippen LogP contribution is -2.41. The van der Waals surface area contributed by atoms with Crippen LogP contribution in [0.25, 0.3) is 0 Å². The molecule has 0 bridgehead atoms. The Kier molecular flexibility index (Phi) is 3.93. The molecule has 0 aromatic heterocycles. The molecule has 0 unspecified atom stereocenters. The molecule has 0 N–H and O–H groups in total. The standard InChI is InChI=1S/C21H26BNO2/c1-20(2)21(3,4)25-22(24-20)18-11-10-17-12-13-23(19(17)14-18)15-16-8-6-5-7-9-16/h5-11,14H,12-13,15H2,1-4H3. The van der Waals surface area contributed by atoms with E-state index in [1.54, 1.807) is 0 Å². The zero-order valence-corrected chi connectivity index (χ0v) is 15.6. The van der Waals surface area contributed by atoms with E-state index in [-0.39, 0.29) is 18.3 Å². The van der Waals surface area contributed by atoms with Gasteiger partial charge < -0.3 is 14.2 Å². The van der Waals surface area contributed by atoms with Gasteiger partial charge in [-0.2, -0.15) is 0 Å². The van der Waals surface area contributed by atoms with Gasteiger partial charge in [0.2, 0.25) is 0 Å². The molecular weight excluding hydrogens is 309 g/mol. The molecule has 0 radical (unpaired) electrons. The fourth-order valence-electron chi connectivity index (χ4n) is 3.56. The normalized spacial score (nSPS) is 20.8. The van der Waals surface area contributed by atoms with Gasteiger partial charge >= 0.3 is 7.12 Å². The SMILES string of the molecule is CC1(C)OB(c2ccc3c(c2)N(Cc2ccccc2)CC3)OC1(C)C. The van der Waals surface area contributed by atoms with Gasteiger partial charge in [-0.15, -0.1) is 0 Å². The van der Waals surface area contributed by atoms with Crippen molar-refractivity contribution in [1.29, 1.82) is 0 Å². The summed E-state index contributed by atoms with van der Waals surface area (Å²) >= 11 is 0. The Morgan fingerprint density at radius 2 is 1.64 bits per heavy atom. The molecule has 2 aliphatic rings. The van der Waals surface area contributed by atoms with Crippen molar-refractivity contribution in [2.24, 2.45) is 0 Å². The van der Waals surface area contributed by atoms with Crippen molar-refractivity contribution in [1.82, 2.24) is 0 Å². The molecule has 1 fully saturated rings. The topological polar surface area (TPSA) is 21.7 Å². The number of hydrogen-bond donors (Lipinski definition) is 0. The summed E-state index contributed by atoms with van der Waals surface area (Å²) in [4.78, 5) is 2.46. The summed E-state index contributed by atoms with van der Waals surface area (Å²) in [5.41, 5.74) is 4.57. The smallest absolute Gasteiger partial charge is 0.399 e. The second-order valence-electron chi connectivity index (χ2n) is 8.13. The maximum Gasteiger partial charge on any atom is 0.494 e. The van der Waals surface area contributed by atoms with Crippen LogP contribution in [-0.2, 0) is 22.3 Å². The van der Waals surface area contributed by atoms with Gasteiger partial charge in [0.25, 0.3) is 0 Å². The minimum atomic E-state index is -0.305. The van der Waals surface area contributed by atoms with E-state index in [2.05, 4.69) is 81.1 Å². The van der Waals surface area contributed by atoms with Gasteiger partial charge in [-0.3, -0.25) is 0 Å². The summed E-state index contributed by atoms with van der Waals surface area (Å²) in [5.74, 6) is 0. The Morgan fingerprint density at radius 3 is 2.32 bits per heavy atom. The van der Waals surface area contributed by atoms with Crippen LogP contribution in [-0.4, -0.2) is 24.9 Å². The Morgan fingerprint density at radius 1 is 0.960 bits per heavy atom. The molecule has 0 amide bonds. The Balaban J connectivity index is 1.59. The summed E-state index contributed by atoms with van der Waals surface area (Å²) in [6, 6.07) is 17.3. The van der Waals surface area contributed by atoms with Crippen LogP contribution >= 0.6 is 0 Å². The quantitative estimate of drug-likeness (QED) is 0.801. The summed E-state index contributed by atoms with van der Waals surface area (Å²) in [6.07, 6.45) is 1.10. The zero-order valence-electron chi connectivity index (χ0n) is 15.6. The Hall–Kier alpha value is -1.78. The van der Waals surface area contributed by atoms with Crippen molar-refractivity contribution in [3.05, 3.63) is 59.7 Å². The average Bonchev–Trinajstić information content (AvgIpc) is 3.06. The van der Waals surface area contributed by atoms with Crippen LogP contribution in [0.15, 0.2) is 48.5 Å². The van der Waals surface area contributed by atoms with E-state index in [0.717, 1.165) is 25.0 Å². The molecule has 130 valence electrons. The highest BCUT2D eigenvalue weighted by atomic mass is 16.7. The van der Waals surface area contributed by atoms with E-state index >= 15 is 0 Å². The first-order chi connectivity index (χ1) is 11.9. The largest absolute Gasteiger partial charge is 0.494 e. The summed E-state index contributed by atoms with van der Waals surface area (Å²) in [7, 11) is -0.297. The zero-order chi connectivity index (χ0) is 17.7. The number of anilines is 1. The molecule has 3 nitrogen and oxygen atoms in total. The van der Waals surface area contributed by atoms with Crippen molar-refractivity contribution in [2.75, 3.05) is 11.4 Å². The molecule has 25 heavy (non-hydrogen) atoms. The molecule has 2 aromatic carbocycles. The molecule has 4 rings (SSSR count). The predicted molar refractivity (Wildman–Crippen MR) is 103 cm³/mol. The fourth-order valence-corrected chi connectivity index (χ4v) is 3.56. The lowest BCUT2D eigenvalue weighted by Gasteiger charge is -2.32. The molecular formula is C21H26BNO2. The van der Waals surface area contributed by atoms with Gasteiger partial charge in [0.1, 0.15) is 0 Å². The van der Waals surface area contributed by atoms with Gasteiger partial charge in [0.15, 0.2) is 0 Å². The van der Waals surface area contributed by atoms with E-state index in [1.165, 1.54) is 16.8 Å². The third-order valence-corrected chi connectivity index (χ3v) is 5.84. The number of fused-ring (bicyclic) bond motifs is 1. The van der Waals surface area contributed by atoms with Gasteiger partial charge in [-0.25, -0.2) is 0 Å². The molecule has 0 aliphatic carbocycles. The summed E-state index contributed by atoms with van der Waals surface area (Å²) < 4.78 is 12.4. The minimum Gasteiger partial charge on any atom is -0.399 e. The lowest BCUT2D eigenvalue weighted by atomic mass is 9.78. The van der Waals surface area contributed by atoms with Crippen molar-refractivity contribution < 1.29 is 9.31 Å². The third kappa shape index (κ3) is 2.98. The molecule has 1 saturated heterocycles. The minimum absolute atomic E-state index is 0.297. The highest BCUT2D eigenvalue weighted by Gasteiger charge is 2.51. The van der Waals surface area contributed by atoms with Crippen LogP contribution in [0.3, 0.4) is 0 Å². The van der Waals surface area contributed by atoms with Crippen molar-refractivity contribution in [3.8, 4) is 0 Å². The van der Waals surface area contributed by atoms with Crippen LogP contribution in [0, 0.1) is 0 Å². The van der Waals surface area contributed by atoms with Crippen LogP contribution in [0.4, 0.5) is 5.69 Å². The third-order valence-electron chi connectivity index (χ3n) is 5.84. The van der Waals surface area contributed by atoms with Crippen molar-refractivity contribution >= 4 is 18.3 Å². The van der Waals surface area contributed by atoms with Crippen molar-refractivity contribution in [3.63, 3.8) is 0 Å². The second kappa shape index (κ2) is 5.89. The maximum absolute atomic E-state index is 6.22. The van der Waals surface area contributed by atoms with E-state index in [4.69, 9.17) is 9.31 Å². The molecule has 2 heterocycles. The second-order valence-corrected chi connectivity index (χ2v) is 8.13. The van der Waals surface area contributed by atoms with Gasteiger partial charge in [-0.05, 0) is 56.8 Å². The van der Waals surface area contributed by atoms with Crippen LogP contribution in [0.1, 0.15) is 38.8 Å². The lowest BCUT2D eigenvalue weighted by molar-refractivity contribution is 0.00578. The van der Waals surface area contributed by atoms with Crippen LogP contribution < -0.4 is 10.4 Å². The number of rotatable bonds is 3. The highest BCUT2D eigenvalue weighted by Crippen LogP contribution is 2.37.